The van der Waals surface area contributed by atoms with Crippen LogP contribution in [0.15, 0.2) is 16.7 Å². The first-order valence-electron chi connectivity index (χ1n) is 4.29. The van der Waals surface area contributed by atoms with Crippen LogP contribution in [-0.4, -0.2) is 13.1 Å². The molecule has 13 heavy (non-hydrogen) atoms. The summed E-state index contributed by atoms with van der Waals surface area (Å²) in [4.78, 5) is 11.0. The van der Waals surface area contributed by atoms with Gasteiger partial charge in [-0.05, 0) is 24.0 Å². The smallest absolute Gasteiger partial charge is 0.373 e. The Morgan fingerprint density at radius 2 is 2.31 bits per heavy atom. The molecule has 1 heterocycles. The van der Waals surface area contributed by atoms with Gasteiger partial charge in [0.25, 0.3) is 0 Å². The summed E-state index contributed by atoms with van der Waals surface area (Å²) in [6, 6.07) is 1.73. The van der Waals surface area contributed by atoms with Gasteiger partial charge in [-0.25, -0.2) is 4.79 Å². The van der Waals surface area contributed by atoms with E-state index in [1.807, 2.05) is 0 Å². The Kier molecular flexibility index (Phi) is 3.12. The third-order valence-electron chi connectivity index (χ3n) is 1.68. The zero-order chi connectivity index (χ0) is 9.84. The quantitative estimate of drug-likeness (QED) is 0.673. The summed E-state index contributed by atoms with van der Waals surface area (Å²) in [5.41, 5.74) is 1.04. The fourth-order valence-electron chi connectivity index (χ4n) is 1.16. The number of methoxy groups -OCH3 is 1. The molecular weight excluding hydrogens is 168 g/mol. The lowest BCUT2D eigenvalue weighted by atomic mass is 10.1. The summed E-state index contributed by atoms with van der Waals surface area (Å²) < 4.78 is 9.57. The first kappa shape index (κ1) is 9.84. The number of hydrogen-bond acceptors (Lipinski definition) is 3. The van der Waals surface area contributed by atoms with E-state index in [9.17, 15) is 4.79 Å². The number of carbonyl (C=O) groups excluding carboxylic acids is 1. The van der Waals surface area contributed by atoms with Crippen LogP contribution in [0.1, 0.15) is 30.0 Å². The zero-order valence-corrected chi connectivity index (χ0v) is 8.16. The van der Waals surface area contributed by atoms with Gasteiger partial charge in [-0.3, -0.25) is 0 Å². The molecule has 0 aliphatic heterocycles. The first-order valence-corrected chi connectivity index (χ1v) is 4.29. The first-order chi connectivity index (χ1) is 6.13. The second-order valence-corrected chi connectivity index (χ2v) is 3.41. The molecule has 0 amide bonds. The molecule has 1 aromatic heterocycles. The molecule has 3 nitrogen and oxygen atoms in total. The van der Waals surface area contributed by atoms with Gasteiger partial charge in [0, 0.05) is 0 Å². The van der Waals surface area contributed by atoms with Crippen LogP contribution in [-0.2, 0) is 11.2 Å². The topological polar surface area (TPSA) is 39.4 Å². The van der Waals surface area contributed by atoms with E-state index in [1.54, 1.807) is 12.3 Å². The molecule has 0 aliphatic carbocycles. The van der Waals surface area contributed by atoms with Crippen molar-refractivity contribution in [3.05, 3.63) is 23.7 Å². The summed E-state index contributed by atoms with van der Waals surface area (Å²) in [6.45, 7) is 4.23. The normalized spacial score (nSPS) is 10.5. The van der Waals surface area contributed by atoms with Gasteiger partial charge in [0.2, 0.25) is 5.76 Å². The molecule has 1 rings (SSSR count). The minimum absolute atomic E-state index is 0.276. The Hall–Kier alpha value is -1.25. The van der Waals surface area contributed by atoms with Crippen molar-refractivity contribution in [3.8, 4) is 0 Å². The molecule has 0 aromatic carbocycles. The highest BCUT2D eigenvalue weighted by Crippen LogP contribution is 2.13. The van der Waals surface area contributed by atoms with Gasteiger partial charge in [0.1, 0.15) is 0 Å². The summed E-state index contributed by atoms with van der Waals surface area (Å²) in [5, 5.41) is 0. The molecule has 0 radical (unpaired) electrons. The number of rotatable bonds is 3. The third kappa shape index (κ3) is 2.61. The van der Waals surface area contributed by atoms with Gasteiger partial charge in [-0.2, -0.15) is 0 Å². The van der Waals surface area contributed by atoms with Crippen molar-refractivity contribution in [2.24, 2.45) is 5.92 Å². The minimum Gasteiger partial charge on any atom is -0.463 e. The predicted octanol–water partition coefficient (Wildman–Crippen LogP) is 2.26. The molecule has 0 saturated carbocycles. The van der Waals surface area contributed by atoms with Crippen molar-refractivity contribution in [1.82, 2.24) is 0 Å². The van der Waals surface area contributed by atoms with Crippen molar-refractivity contribution in [2.75, 3.05) is 7.11 Å². The van der Waals surface area contributed by atoms with Crippen LogP contribution in [0.25, 0.3) is 0 Å². The maximum Gasteiger partial charge on any atom is 0.373 e. The Balaban J connectivity index is 2.69. The van der Waals surface area contributed by atoms with Gasteiger partial charge < -0.3 is 9.15 Å². The Labute approximate surface area is 77.7 Å². The summed E-state index contributed by atoms with van der Waals surface area (Å²) >= 11 is 0. The predicted molar refractivity (Wildman–Crippen MR) is 48.6 cm³/mol. The van der Waals surface area contributed by atoms with E-state index in [4.69, 9.17) is 4.42 Å². The Morgan fingerprint density at radius 1 is 1.62 bits per heavy atom. The van der Waals surface area contributed by atoms with E-state index < -0.39 is 5.97 Å². The fourth-order valence-corrected chi connectivity index (χ4v) is 1.16. The van der Waals surface area contributed by atoms with Gasteiger partial charge >= 0.3 is 5.97 Å². The highest BCUT2D eigenvalue weighted by atomic mass is 16.5. The molecule has 0 N–H and O–H groups in total. The van der Waals surface area contributed by atoms with E-state index in [0.717, 1.165) is 12.0 Å². The van der Waals surface area contributed by atoms with Crippen LogP contribution in [0.5, 0.6) is 0 Å². The number of esters is 1. The summed E-state index contributed by atoms with van der Waals surface area (Å²) in [7, 11) is 1.34. The van der Waals surface area contributed by atoms with Crippen LogP contribution >= 0.6 is 0 Å². The van der Waals surface area contributed by atoms with E-state index in [1.165, 1.54) is 7.11 Å². The van der Waals surface area contributed by atoms with Gasteiger partial charge in [-0.15, -0.1) is 0 Å². The lowest BCUT2D eigenvalue weighted by Gasteiger charge is -1.98. The van der Waals surface area contributed by atoms with Crippen LogP contribution in [0, 0.1) is 5.92 Å². The van der Waals surface area contributed by atoms with Crippen LogP contribution in [0.2, 0.25) is 0 Å². The average molecular weight is 182 g/mol. The maximum atomic E-state index is 11.0. The van der Waals surface area contributed by atoms with Crippen LogP contribution in [0.3, 0.4) is 0 Å². The van der Waals surface area contributed by atoms with Crippen molar-refractivity contribution >= 4 is 5.97 Å². The van der Waals surface area contributed by atoms with Gasteiger partial charge in [0.05, 0.1) is 13.4 Å². The molecular formula is C10H14O3. The molecule has 0 aliphatic rings. The van der Waals surface area contributed by atoms with E-state index in [0.29, 0.717) is 5.92 Å². The number of carbonyl (C=O) groups is 1. The molecule has 0 fully saturated rings. The number of hydrogen-bond donors (Lipinski definition) is 0. The van der Waals surface area contributed by atoms with Crippen molar-refractivity contribution < 1.29 is 13.9 Å². The van der Waals surface area contributed by atoms with Crippen LogP contribution in [0.4, 0.5) is 0 Å². The third-order valence-corrected chi connectivity index (χ3v) is 1.68. The SMILES string of the molecule is COC(=O)c1cc(CC(C)C)co1. The maximum absolute atomic E-state index is 11.0. The van der Waals surface area contributed by atoms with E-state index in [2.05, 4.69) is 18.6 Å². The second kappa shape index (κ2) is 4.12. The fraction of sp³-hybridized carbons (Fsp3) is 0.500. The molecule has 0 atom stereocenters. The van der Waals surface area contributed by atoms with E-state index >= 15 is 0 Å². The van der Waals surface area contributed by atoms with Crippen molar-refractivity contribution in [2.45, 2.75) is 20.3 Å². The lowest BCUT2D eigenvalue weighted by molar-refractivity contribution is 0.0565. The minimum atomic E-state index is -0.421. The Bertz CT molecular complexity index is 286. The largest absolute Gasteiger partial charge is 0.463 e. The summed E-state index contributed by atoms with van der Waals surface area (Å²) in [5.74, 6) is 0.413. The number of furan rings is 1. The average Bonchev–Trinajstić information content (AvgIpc) is 2.50. The molecule has 72 valence electrons. The molecule has 0 saturated heterocycles. The highest BCUT2D eigenvalue weighted by molar-refractivity contribution is 5.86. The van der Waals surface area contributed by atoms with Crippen LogP contribution < -0.4 is 0 Å². The highest BCUT2D eigenvalue weighted by Gasteiger charge is 2.11. The Morgan fingerprint density at radius 3 is 2.85 bits per heavy atom. The molecule has 0 unspecified atom stereocenters. The lowest BCUT2D eigenvalue weighted by Crippen LogP contribution is -1.98. The van der Waals surface area contributed by atoms with E-state index in [-0.39, 0.29) is 5.76 Å². The number of ether oxygens (including phenoxy) is 1. The molecule has 0 bridgehead atoms. The second-order valence-electron chi connectivity index (χ2n) is 3.41. The van der Waals surface area contributed by atoms with Gasteiger partial charge in [0.15, 0.2) is 0 Å². The summed E-state index contributed by atoms with van der Waals surface area (Å²) in [6.07, 6.45) is 2.52. The standard InChI is InChI=1S/C10H14O3/c1-7(2)4-8-5-9(13-6-8)10(11)12-3/h5-7H,4H2,1-3H3. The molecule has 0 spiro atoms. The molecule has 1 aromatic rings. The zero-order valence-electron chi connectivity index (χ0n) is 8.16. The van der Waals surface area contributed by atoms with Crippen molar-refractivity contribution in [3.63, 3.8) is 0 Å². The monoisotopic (exact) mass is 182 g/mol. The molecule has 3 heteroatoms. The van der Waals surface area contributed by atoms with Gasteiger partial charge in [-0.1, -0.05) is 13.8 Å². The van der Waals surface area contributed by atoms with Crippen molar-refractivity contribution in [1.29, 1.82) is 0 Å².